The zero-order valence-electron chi connectivity index (χ0n) is 18.6. The van der Waals surface area contributed by atoms with Crippen molar-refractivity contribution in [2.45, 2.75) is 32.4 Å². The fourth-order valence-electron chi connectivity index (χ4n) is 4.84. The number of nitrogens with zero attached hydrogens (tertiary/aromatic N) is 4. The first-order chi connectivity index (χ1) is 16.1. The highest BCUT2D eigenvalue weighted by atomic mass is 35.5. The molecule has 0 amide bonds. The summed E-state index contributed by atoms with van der Waals surface area (Å²) in [4.78, 5) is 2.09. The van der Waals surface area contributed by atoms with Gasteiger partial charge >= 0.3 is 0 Å². The molecule has 0 N–H and O–H groups in total. The second kappa shape index (κ2) is 8.78. The molecule has 2 heterocycles. The van der Waals surface area contributed by atoms with Gasteiger partial charge in [0.2, 0.25) is 0 Å². The van der Waals surface area contributed by atoms with Crippen molar-refractivity contribution in [3.63, 3.8) is 0 Å². The highest BCUT2D eigenvalue weighted by Gasteiger charge is 2.41. The standard InChI is InChI=1S/C23H23Cl2FN4O3S/c1-13-27-28-14(2)30(13)16-3-4-22(20(26)11-16)33-23-18-9-15(24)10-19(25)17(18)12-21(23)29-5-7-34(31,32)8-6-29/h3-4,9-11,21,23H,5-8,12H2,1-2H3/t21-,23-/m0/s1. The molecule has 0 saturated carbocycles. The Balaban J connectivity index is 1.49. The van der Waals surface area contributed by atoms with Gasteiger partial charge in [0.05, 0.1) is 23.2 Å². The molecule has 1 aliphatic carbocycles. The van der Waals surface area contributed by atoms with Gasteiger partial charge in [-0.1, -0.05) is 23.2 Å². The van der Waals surface area contributed by atoms with Crippen molar-refractivity contribution in [1.29, 1.82) is 0 Å². The molecule has 0 unspecified atom stereocenters. The van der Waals surface area contributed by atoms with E-state index in [0.29, 0.717) is 46.9 Å². The Morgan fingerprint density at radius 3 is 2.38 bits per heavy atom. The number of sulfone groups is 1. The van der Waals surface area contributed by atoms with Crippen LogP contribution < -0.4 is 4.74 Å². The van der Waals surface area contributed by atoms with E-state index in [1.807, 2.05) is 0 Å². The Morgan fingerprint density at radius 1 is 1.06 bits per heavy atom. The predicted molar refractivity (Wildman–Crippen MR) is 128 cm³/mol. The SMILES string of the molecule is Cc1nnc(C)n1-c1ccc(O[C@H]2c3cc(Cl)cc(Cl)c3C[C@@H]2N2CCS(=O)(=O)CC2)c(F)c1. The Morgan fingerprint density at radius 2 is 1.74 bits per heavy atom. The number of aromatic nitrogens is 3. The van der Waals surface area contributed by atoms with Gasteiger partial charge < -0.3 is 4.74 Å². The van der Waals surface area contributed by atoms with Gasteiger partial charge in [-0.25, -0.2) is 12.8 Å². The van der Waals surface area contributed by atoms with Crippen LogP contribution in [0, 0.1) is 19.7 Å². The molecule has 1 saturated heterocycles. The van der Waals surface area contributed by atoms with Crippen LogP contribution in [-0.2, 0) is 16.3 Å². The summed E-state index contributed by atoms with van der Waals surface area (Å²) < 4.78 is 47.2. The van der Waals surface area contributed by atoms with Crippen LogP contribution in [0.5, 0.6) is 5.75 Å². The van der Waals surface area contributed by atoms with Crippen molar-refractivity contribution in [2.24, 2.45) is 0 Å². The summed E-state index contributed by atoms with van der Waals surface area (Å²) in [6.45, 7) is 4.38. The molecule has 1 aliphatic heterocycles. The summed E-state index contributed by atoms with van der Waals surface area (Å²) in [6, 6.07) is 8.02. The summed E-state index contributed by atoms with van der Waals surface area (Å²) in [6.07, 6.45) is 0.0141. The lowest BCUT2D eigenvalue weighted by Crippen LogP contribution is -2.48. The maximum absolute atomic E-state index is 15.2. The number of aryl methyl sites for hydroxylation is 2. The number of ether oxygens (including phenoxy) is 1. The summed E-state index contributed by atoms with van der Waals surface area (Å²) in [5, 5.41) is 9.05. The van der Waals surface area contributed by atoms with Crippen LogP contribution in [0.1, 0.15) is 28.9 Å². The molecule has 2 aliphatic rings. The van der Waals surface area contributed by atoms with Gasteiger partial charge in [-0.3, -0.25) is 9.47 Å². The van der Waals surface area contributed by atoms with Gasteiger partial charge in [0, 0.05) is 34.8 Å². The van der Waals surface area contributed by atoms with Gasteiger partial charge in [-0.15, -0.1) is 10.2 Å². The monoisotopic (exact) mass is 524 g/mol. The first kappa shape index (κ1) is 23.5. The first-order valence-electron chi connectivity index (χ1n) is 10.9. The van der Waals surface area contributed by atoms with E-state index in [0.717, 1.165) is 11.1 Å². The zero-order chi connectivity index (χ0) is 24.2. The Bertz CT molecular complexity index is 1350. The Labute approximate surface area is 207 Å². The van der Waals surface area contributed by atoms with E-state index < -0.39 is 21.8 Å². The normalized spacial score (nSPS) is 22.0. The third-order valence-electron chi connectivity index (χ3n) is 6.53. The molecule has 3 aromatic rings. The molecule has 0 spiro atoms. The fraction of sp³-hybridized carbons (Fsp3) is 0.391. The molecule has 1 fully saturated rings. The van der Waals surface area contributed by atoms with Gasteiger partial charge in [-0.05, 0) is 50.1 Å². The van der Waals surface area contributed by atoms with Gasteiger partial charge in [0.15, 0.2) is 21.4 Å². The number of fused-ring (bicyclic) bond motifs is 1. The lowest BCUT2D eigenvalue weighted by atomic mass is 10.1. The van der Waals surface area contributed by atoms with Gasteiger partial charge in [0.1, 0.15) is 17.8 Å². The van der Waals surface area contributed by atoms with Crippen LogP contribution in [0.2, 0.25) is 10.0 Å². The number of hydrogen-bond donors (Lipinski definition) is 0. The number of halogens is 3. The minimum atomic E-state index is -3.05. The largest absolute Gasteiger partial charge is 0.481 e. The fourth-order valence-corrected chi connectivity index (χ4v) is 6.66. The first-order valence-corrected chi connectivity index (χ1v) is 13.5. The predicted octanol–water partition coefficient (Wildman–Crippen LogP) is 4.11. The Hall–Kier alpha value is -2.20. The second-order valence-corrected chi connectivity index (χ2v) is 11.8. The maximum atomic E-state index is 15.2. The molecule has 7 nitrogen and oxygen atoms in total. The van der Waals surface area contributed by atoms with Crippen LogP contribution in [0.3, 0.4) is 0 Å². The zero-order valence-corrected chi connectivity index (χ0v) is 21.0. The summed E-state index contributed by atoms with van der Waals surface area (Å²) in [5.41, 5.74) is 2.28. The summed E-state index contributed by atoms with van der Waals surface area (Å²) >= 11 is 12.8. The van der Waals surface area contributed by atoms with Crippen molar-refractivity contribution in [1.82, 2.24) is 19.7 Å². The van der Waals surface area contributed by atoms with Crippen molar-refractivity contribution < 1.29 is 17.5 Å². The molecule has 34 heavy (non-hydrogen) atoms. The van der Waals surface area contributed by atoms with E-state index in [2.05, 4.69) is 15.1 Å². The maximum Gasteiger partial charge on any atom is 0.167 e. The molecule has 5 rings (SSSR count). The highest BCUT2D eigenvalue weighted by Crippen LogP contribution is 2.43. The molecule has 0 bridgehead atoms. The molecule has 11 heteroatoms. The van der Waals surface area contributed by atoms with E-state index in [9.17, 15) is 8.42 Å². The third-order valence-corrected chi connectivity index (χ3v) is 8.69. The summed E-state index contributed by atoms with van der Waals surface area (Å²) in [5.74, 6) is 1.05. The molecule has 2 aromatic carbocycles. The molecule has 180 valence electrons. The van der Waals surface area contributed by atoms with Crippen molar-refractivity contribution >= 4 is 33.0 Å². The summed E-state index contributed by atoms with van der Waals surface area (Å²) in [7, 11) is -3.05. The van der Waals surface area contributed by atoms with Crippen LogP contribution in [0.25, 0.3) is 5.69 Å². The van der Waals surface area contributed by atoms with Crippen LogP contribution in [-0.4, -0.2) is 58.7 Å². The van der Waals surface area contributed by atoms with Gasteiger partial charge in [0.25, 0.3) is 0 Å². The minimum absolute atomic E-state index is 0.0851. The lowest BCUT2D eigenvalue weighted by molar-refractivity contribution is 0.0804. The van der Waals surface area contributed by atoms with Crippen molar-refractivity contribution in [3.05, 3.63) is 69.0 Å². The third kappa shape index (κ3) is 4.30. The van der Waals surface area contributed by atoms with E-state index in [1.165, 1.54) is 6.07 Å². The van der Waals surface area contributed by atoms with E-state index in [1.54, 1.807) is 42.7 Å². The number of benzene rings is 2. The number of rotatable bonds is 4. The average Bonchev–Trinajstić information content (AvgIpc) is 3.29. The highest BCUT2D eigenvalue weighted by molar-refractivity contribution is 7.91. The topological polar surface area (TPSA) is 77.3 Å². The van der Waals surface area contributed by atoms with Crippen molar-refractivity contribution in [3.8, 4) is 11.4 Å². The molecular formula is C23H23Cl2FN4O3S. The van der Waals surface area contributed by atoms with Crippen LogP contribution in [0.15, 0.2) is 30.3 Å². The Kier molecular flexibility index (Phi) is 6.08. The molecule has 0 radical (unpaired) electrons. The van der Waals surface area contributed by atoms with E-state index >= 15 is 4.39 Å². The molecular weight excluding hydrogens is 502 g/mol. The van der Waals surface area contributed by atoms with Crippen molar-refractivity contribution in [2.75, 3.05) is 24.6 Å². The minimum Gasteiger partial charge on any atom is -0.481 e. The van der Waals surface area contributed by atoms with Crippen LogP contribution in [0.4, 0.5) is 4.39 Å². The quantitative estimate of drug-likeness (QED) is 0.511. The van der Waals surface area contributed by atoms with Gasteiger partial charge in [-0.2, -0.15) is 0 Å². The van der Waals surface area contributed by atoms with E-state index in [-0.39, 0.29) is 23.3 Å². The second-order valence-electron chi connectivity index (χ2n) is 8.70. The van der Waals surface area contributed by atoms with E-state index in [4.69, 9.17) is 27.9 Å². The lowest BCUT2D eigenvalue weighted by Gasteiger charge is -2.35. The molecule has 1 aromatic heterocycles. The molecule has 2 atom stereocenters. The average molecular weight is 525 g/mol. The smallest absolute Gasteiger partial charge is 0.167 e. The number of hydrogen-bond acceptors (Lipinski definition) is 6. The van der Waals surface area contributed by atoms with Crippen LogP contribution >= 0.6 is 23.2 Å².